The van der Waals surface area contributed by atoms with E-state index in [0.717, 1.165) is 0 Å². The minimum atomic E-state index is -0.595. The first-order chi connectivity index (χ1) is 6.24. The maximum Gasteiger partial charge on any atom is 0.316 e. The van der Waals surface area contributed by atoms with Crippen molar-refractivity contribution in [3.05, 3.63) is 0 Å². The number of esters is 1. The van der Waals surface area contributed by atoms with Crippen LogP contribution in [0.4, 0.5) is 0 Å². The fraction of sp³-hybridized carbons (Fsp3) is 0.818. The highest BCUT2D eigenvalue weighted by atomic mass is 16.5. The Hall–Kier alpha value is -0.860. The van der Waals surface area contributed by atoms with Crippen LogP contribution >= 0.6 is 0 Å². The molecule has 3 nitrogen and oxygen atoms in total. The van der Waals surface area contributed by atoms with Crippen LogP contribution in [0.1, 0.15) is 34.1 Å². The maximum atomic E-state index is 11.7. The molecule has 1 saturated carbocycles. The van der Waals surface area contributed by atoms with Gasteiger partial charge >= 0.3 is 5.97 Å². The highest BCUT2D eigenvalue weighted by Gasteiger charge is 2.57. The number of ether oxygens (including phenoxy) is 1. The first-order valence-electron chi connectivity index (χ1n) is 4.84. The number of Topliss-reactive ketones (excluding diaryl/α,β-unsaturated/α-hetero) is 1. The van der Waals surface area contributed by atoms with Crippen molar-refractivity contribution in [3.63, 3.8) is 0 Å². The van der Waals surface area contributed by atoms with Gasteiger partial charge in [0.15, 0.2) is 0 Å². The summed E-state index contributed by atoms with van der Waals surface area (Å²) in [6.07, 6.45) is 0.458. The lowest BCUT2D eigenvalue weighted by molar-refractivity contribution is -0.152. The van der Waals surface area contributed by atoms with Gasteiger partial charge in [0, 0.05) is 6.42 Å². The topological polar surface area (TPSA) is 43.4 Å². The molecule has 3 heteroatoms. The predicted molar refractivity (Wildman–Crippen MR) is 52.7 cm³/mol. The SMILES string of the molecule is COC(=O)C1C(=O)CC(C)(C)C1(C)C. The van der Waals surface area contributed by atoms with Crippen LogP contribution in [0.2, 0.25) is 0 Å². The Kier molecular flexibility index (Phi) is 2.46. The van der Waals surface area contributed by atoms with E-state index < -0.39 is 11.9 Å². The van der Waals surface area contributed by atoms with Gasteiger partial charge in [-0.2, -0.15) is 0 Å². The molecule has 0 bridgehead atoms. The molecule has 1 atom stereocenters. The van der Waals surface area contributed by atoms with Gasteiger partial charge in [0.05, 0.1) is 7.11 Å². The third kappa shape index (κ3) is 1.35. The zero-order valence-electron chi connectivity index (χ0n) is 9.51. The second-order valence-corrected chi connectivity index (χ2v) is 5.20. The van der Waals surface area contributed by atoms with Crippen LogP contribution in [0.25, 0.3) is 0 Å². The number of hydrogen-bond acceptors (Lipinski definition) is 3. The van der Waals surface area contributed by atoms with Crippen molar-refractivity contribution in [1.29, 1.82) is 0 Å². The lowest BCUT2D eigenvalue weighted by Crippen LogP contribution is -2.37. The molecule has 1 rings (SSSR count). The molecule has 0 aromatic heterocycles. The summed E-state index contributed by atoms with van der Waals surface area (Å²) in [5.74, 6) is -0.986. The van der Waals surface area contributed by atoms with Crippen molar-refractivity contribution in [3.8, 4) is 0 Å². The normalized spacial score (nSPS) is 28.9. The van der Waals surface area contributed by atoms with E-state index in [1.807, 2.05) is 27.7 Å². The van der Waals surface area contributed by atoms with Crippen molar-refractivity contribution in [1.82, 2.24) is 0 Å². The summed E-state index contributed by atoms with van der Waals surface area (Å²) in [5, 5.41) is 0. The third-order valence-electron chi connectivity index (χ3n) is 3.84. The largest absolute Gasteiger partial charge is 0.468 e. The Morgan fingerprint density at radius 2 is 1.86 bits per heavy atom. The molecular formula is C11H18O3. The molecule has 0 aromatic carbocycles. The summed E-state index contributed by atoms with van der Waals surface area (Å²) in [5.41, 5.74) is -0.458. The molecule has 0 spiro atoms. The number of carbonyl (C=O) groups is 2. The summed E-state index contributed by atoms with van der Waals surface area (Å²) < 4.78 is 4.67. The summed E-state index contributed by atoms with van der Waals surface area (Å²) in [4.78, 5) is 23.2. The molecule has 0 aliphatic heterocycles. The standard InChI is InChI=1S/C11H18O3/c1-10(2)6-7(12)8(9(13)14-5)11(10,3)4/h8H,6H2,1-5H3. The van der Waals surface area contributed by atoms with Crippen LogP contribution in [0.15, 0.2) is 0 Å². The Morgan fingerprint density at radius 3 is 2.14 bits per heavy atom. The second kappa shape index (κ2) is 3.07. The molecule has 1 aliphatic rings. The van der Waals surface area contributed by atoms with E-state index in [2.05, 4.69) is 4.74 Å². The minimum Gasteiger partial charge on any atom is -0.468 e. The van der Waals surface area contributed by atoms with Gasteiger partial charge in [-0.15, -0.1) is 0 Å². The van der Waals surface area contributed by atoms with Crippen LogP contribution in [-0.4, -0.2) is 18.9 Å². The smallest absolute Gasteiger partial charge is 0.316 e. The molecule has 80 valence electrons. The van der Waals surface area contributed by atoms with Gasteiger partial charge < -0.3 is 4.74 Å². The zero-order chi connectivity index (χ0) is 11.1. The first-order valence-corrected chi connectivity index (χ1v) is 4.84. The van der Waals surface area contributed by atoms with Crippen LogP contribution in [0.5, 0.6) is 0 Å². The number of methoxy groups -OCH3 is 1. The summed E-state index contributed by atoms with van der Waals surface area (Å²) >= 11 is 0. The minimum absolute atomic E-state index is 0.00634. The monoisotopic (exact) mass is 198 g/mol. The average Bonchev–Trinajstić information content (AvgIpc) is 2.16. The summed E-state index contributed by atoms with van der Waals surface area (Å²) in [7, 11) is 1.33. The Balaban J connectivity index is 3.08. The number of hydrogen-bond donors (Lipinski definition) is 0. The molecular weight excluding hydrogens is 180 g/mol. The molecule has 0 heterocycles. The van der Waals surface area contributed by atoms with Gasteiger partial charge in [0.2, 0.25) is 0 Å². The van der Waals surface area contributed by atoms with Crippen molar-refractivity contribution in [2.24, 2.45) is 16.7 Å². The highest BCUT2D eigenvalue weighted by molar-refractivity contribution is 6.02. The molecule has 0 aromatic rings. The predicted octanol–water partition coefficient (Wildman–Crippen LogP) is 1.80. The lowest BCUT2D eigenvalue weighted by atomic mass is 9.67. The van der Waals surface area contributed by atoms with Gasteiger partial charge in [-0.1, -0.05) is 27.7 Å². The van der Waals surface area contributed by atoms with E-state index in [0.29, 0.717) is 6.42 Å². The van der Waals surface area contributed by atoms with Crippen molar-refractivity contribution >= 4 is 11.8 Å². The lowest BCUT2D eigenvalue weighted by Gasteiger charge is -2.36. The highest BCUT2D eigenvalue weighted by Crippen LogP contribution is 2.53. The average molecular weight is 198 g/mol. The number of rotatable bonds is 1. The van der Waals surface area contributed by atoms with Crippen molar-refractivity contribution < 1.29 is 14.3 Å². The fourth-order valence-electron chi connectivity index (χ4n) is 2.10. The van der Waals surface area contributed by atoms with E-state index in [1.54, 1.807) is 0 Å². The van der Waals surface area contributed by atoms with Gasteiger partial charge in [-0.05, 0) is 10.8 Å². The fourth-order valence-corrected chi connectivity index (χ4v) is 2.10. The molecule has 0 amide bonds. The second-order valence-electron chi connectivity index (χ2n) is 5.20. The number of carbonyl (C=O) groups excluding carboxylic acids is 2. The molecule has 0 radical (unpaired) electrons. The van der Waals surface area contributed by atoms with Gasteiger partial charge in [0.25, 0.3) is 0 Å². The molecule has 0 saturated heterocycles. The Morgan fingerprint density at radius 1 is 1.36 bits per heavy atom. The van der Waals surface area contributed by atoms with E-state index in [-0.39, 0.29) is 16.6 Å². The third-order valence-corrected chi connectivity index (χ3v) is 3.84. The zero-order valence-corrected chi connectivity index (χ0v) is 9.51. The summed E-state index contributed by atoms with van der Waals surface area (Å²) in [6.45, 7) is 7.96. The Bertz CT molecular complexity index is 276. The van der Waals surface area contributed by atoms with Crippen molar-refractivity contribution in [2.45, 2.75) is 34.1 Å². The van der Waals surface area contributed by atoms with Gasteiger partial charge in [-0.25, -0.2) is 0 Å². The van der Waals surface area contributed by atoms with Crippen LogP contribution in [0.3, 0.4) is 0 Å². The quantitative estimate of drug-likeness (QED) is 0.476. The van der Waals surface area contributed by atoms with Crippen LogP contribution in [-0.2, 0) is 14.3 Å². The van der Waals surface area contributed by atoms with E-state index in [1.165, 1.54) is 7.11 Å². The van der Waals surface area contributed by atoms with Crippen LogP contribution in [0, 0.1) is 16.7 Å². The van der Waals surface area contributed by atoms with Crippen molar-refractivity contribution in [2.75, 3.05) is 7.11 Å². The molecule has 1 fully saturated rings. The van der Waals surface area contributed by atoms with E-state index in [4.69, 9.17) is 0 Å². The molecule has 0 N–H and O–H groups in total. The molecule has 14 heavy (non-hydrogen) atoms. The molecule has 1 unspecified atom stereocenters. The van der Waals surface area contributed by atoms with E-state index in [9.17, 15) is 9.59 Å². The van der Waals surface area contributed by atoms with Crippen LogP contribution < -0.4 is 0 Å². The Labute approximate surface area is 84.8 Å². The molecule has 1 aliphatic carbocycles. The summed E-state index contributed by atoms with van der Waals surface area (Å²) in [6, 6.07) is 0. The first kappa shape index (κ1) is 11.2. The number of ketones is 1. The van der Waals surface area contributed by atoms with Gasteiger partial charge in [-0.3, -0.25) is 9.59 Å². The van der Waals surface area contributed by atoms with Gasteiger partial charge in [0.1, 0.15) is 11.7 Å². The maximum absolute atomic E-state index is 11.7. The van der Waals surface area contributed by atoms with E-state index >= 15 is 0 Å².